The molecular weight excluding hydrogens is 532 g/mol. The minimum atomic E-state index is -0.605. The fraction of sp³-hybridized carbons (Fsp3) is 0.346. The van der Waals surface area contributed by atoms with Crippen molar-refractivity contribution in [2.75, 3.05) is 45.2 Å². The number of nitrogens with zero attached hydrogens (tertiary/aromatic N) is 8. The number of nitrogens with one attached hydrogen (secondary N) is 2. The van der Waals surface area contributed by atoms with E-state index in [4.69, 9.17) is 4.74 Å². The Morgan fingerprint density at radius 3 is 2.80 bits per heavy atom. The van der Waals surface area contributed by atoms with Gasteiger partial charge in [0.1, 0.15) is 22.1 Å². The van der Waals surface area contributed by atoms with Crippen molar-refractivity contribution in [3.8, 4) is 17.1 Å². The summed E-state index contributed by atoms with van der Waals surface area (Å²) < 4.78 is 7.24. The number of pyridine rings is 1. The number of carbonyl (C=O) groups is 2. The van der Waals surface area contributed by atoms with Gasteiger partial charge in [0.2, 0.25) is 5.95 Å². The van der Waals surface area contributed by atoms with Gasteiger partial charge >= 0.3 is 0 Å². The molecule has 2 N–H and O–H groups in total. The zero-order chi connectivity index (χ0) is 27.6. The third-order valence-electron chi connectivity index (χ3n) is 6.98. The number of aromatic nitrogens is 7. The number of amides is 1. The Morgan fingerprint density at radius 2 is 2.05 bits per heavy atom. The number of methoxy groups -OCH3 is 1. The summed E-state index contributed by atoms with van der Waals surface area (Å²) in [5, 5.41) is 18.7. The maximum absolute atomic E-state index is 13.5. The van der Waals surface area contributed by atoms with Crippen molar-refractivity contribution in [1.29, 1.82) is 0 Å². The SMILES string of the molecule is CNCc1nc(-c2ncc(OC)c3c(C(=O)C(=O)N4CCN(c5nnnn5C5=CCCC=C5)CC4)c[nH]c23)cs1. The Labute approximate surface area is 233 Å². The number of ether oxygens (including phenoxy) is 1. The maximum Gasteiger partial charge on any atom is 0.295 e. The van der Waals surface area contributed by atoms with E-state index in [0.29, 0.717) is 66.7 Å². The highest BCUT2D eigenvalue weighted by Crippen LogP contribution is 2.35. The summed E-state index contributed by atoms with van der Waals surface area (Å²) in [4.78, 5) is 42.8. The molecule has 1 aliphatic carbocycles. The molecule has 0 saturated carbocycles. The molecule has 2 aliphatic rings. The molecule has 0 bridgehead atoms. The van der Waals surface area contributed by atoms with E-state index in [2.05, 4.69) is 47.9 Å². The van der Waals surface area contributed by atoms with Crippen LogP contribution in [0.5, 0.6) is 5.75 Å². The molecule has 0 aromatic carbocycles. The van der Waals surface area contributed by atoms with Gasteiger partial charge in [-0.2, -0.15) is 4.68 Å². The van der Waals surface area contributed by atoms with Crippen LogP contribution in [-0.4, -0.2) is 92.1 Å². The van der Waals surface area contributed by atoms with Gasteiger partial charge < -0.3 is 24.8 Å². The number of fused-ring (bicyclic) bond motifs is 1. The lowest BCUT2D eigenvalue weighted by molar-refractivity contribution is -0.126. The molecule has 206 valence electrons. The zero-order valence-corrected chi connectivity index (χ0v) is 22.9. The summed E-state index contributed by atoms with van der Waals surface area (Å²) in [5.41, 5.74) is 3.05. The van der Waals surface area contributed by atoms with Gasteiger partial charge in [0, 0.05) is 44.3 Å². The number of carbonyl (C=O) groups excluding carboxylic acids is 2. The molecule has 1 saturated heterocycles. The number of H-pyrrole nitrogens is 1. The van der Waals surface area contributed by atoms with Crippen molar-refractivity contribution < 1.29 is 14.3 Å². The van der Waals surface area contributed by atoms with Crippen LogP contribution >= 0.6 is 11.3 Å². The van der Waals surface area contributed by atoms with Crippen LogP contribution in [0.3, 0.4) is 0 Å². The molecule has 1 fully saturated rings. The lowest BCUT2D eigenvalue weighted by atomic mass is 10.1. The lowest BCUT2D eigenvalue weighted by Crippen LogP contribution is -2.51. The number of allylic oxidation sites excluding steroid dienone is 4. The van der Waals surface area contributed by atoms with Crippen LogP contribution in [-0.2, 0) is 11.3 Å². The molecule has 0 radical (unpaired) electrons. The molecule has 13 nitrogen and oxygen atoms in total. The van der Waals surface area contributed by atoms with E-state index in [9.17, 15) is 9.59 Å². The van der Waals surface area contributed by atoms with E-state index in [1.807, 2.05) is 23.4 Å². The second-order valence-corrected chi connectivity index (χ2v) is 10.3. The normalized spacial score (nSPS) is 15.5. The van der Waals surface area contributed by atoms with E-state index in [0.717, 1.165) is 23.5 Å². The van der Waals surface area contributed by atoms with E-state index in [1.54, 1.807) is 22.0 Å². The number of thiazole rings is 1. The fourth-order valence-corrected chi connectivity index (χ4v) is 5.76. The van der Waals surface area contributed by atoms with Gasteiger partial charge in [0.15, 0.2) is 0 Å². The first kappa shape index (κ1) is 25.8. The summed E-state index contributed by atoms with van der Waals surface area (Å²) in [7, 11) is 3.37. The Morgan fingerprint density at radius 1 is 1.20 bits per heavy atom. The number of aromatic amines is 1. The van der Waals surface area contributed by atoms with Gasteiger partial charge in [-0.25, -0.2) is 9.97 Å². The first-order valence-electron chi connectivity index (χ1n) is 13.0. The molecule has 40 heavy (non-hydrogen) atoms. The van der Waals surface area contributed by atoms with E-state index in [1.165, 1.54) is 18.4 Å². The number of ketones is 1. The summed E-state index contributed by atoms with van der Waals surface area (Å²) in [6.45, 7) is 2.38. The lowest BCUT2D eigenvalue weighted by Gasteiger charge is -2.34. The van der Waals surface area contributed by atoms with Crippen molar-refractivity contribution in [2.45, 2.75) is 19.4 Å². The maximum atomic E-state index is 13.5. The Kier molecular flexibility index (Phi) is 7.09. The summed E-state index contributed by atoms with van der Waals surface area (Å²) in [6, 6.07) is 0. The summed E-state index contributed by atoms with van der Waals surface area (Å²) >= 11 is 1.52. The van der Waals surface area contributed by atoms with Gasteiger partial charge in [-0.05, 0) is 36.4 Å². The number of piperazine rings is 1. The van der Waals surface area contributed by atoms with Gasteiger partial charge in [-0.1, -0.05) is 17.3 Å². The quantitative estimate of drug-likeness (QED) is 0.243. The van der Waals surface area contributed by atoms with Crippen LogP contribution < -0.4 is 15.0 Å². The molecular formula is C26H28N10O3S. The van der Waals surface area contributed by atoms with Gasteiger partial charge in [0.05, 0.1) is 35.5 Å². The van der Waals surface area contributed by atoms with Crippen LogP contribution in [0.2, 0.25) is 0 Å². The molecule has 14 heteroatoms. The Hall–Kier alpha value is -4.43. The van der Waals surface area contributed by atoms with Crippen LogP contribution in [0.25, 0.3) is 28.0 Å². The number of Topliss-reactive ketones (excluding diaryl/α,β-unsaturated/α-hetero) is 1. The minimum absolute atomic E-state index is 0.244. The van der Waals surface area contributed by atoms with E-state index >= 15 is 0 Å². The smallest absolute Gasteiger partial charge is 0.295 e. The van der Waals surface area contributed by atoms with Crippen molar-refractivity contribution in [1.82, 2.24) is 45.4 Å². The number of anilines is 1. The molecule has 1 amide bonds. The molecule has 5 heterocycles. The van der Waals surface area contributed by atoms with Gasteiger partial charge in [-0.3, -0.25) is 9.59 Å². The van der Waals surface area contributed by atoms with Crippen LogP contribution in [0.1, 0.15) is 28.2 Å². The van der Waals surface area contributed by atoms with Crippen molar-refractivity contribution in [2.24, 2.45) is 0 Å². The van der Waals surface area contributed by atoms with Crippen molar-refractivity contribution in [3.63, 3.8) is 0 Å². The predicted octanol–water partition coefficient (Wildman–Crippen LogP) is 2.12. The monoisotopic (exact) mass is 560 g/mol. The number of hydrogen-bond donors (Lipinski definition) is 2. The molecule has 0 atom stereocenters. The van der Waals surface area contributed by atoms with Gasteiger partial charge in [0.25, 0.3) is 11.7 Å². The molecule has 0 spiro atoms. The van der Waals surface area contributed by atoms with Crippen LogP contribution in [0.15, 0.2) is 36.0 Å². The molecule has 1 aliphatic heterocycles. The first-order chi connectivity index (χ1) is 19.6. The second-order valence-electron chi connectivity index (χ2n) is 9.39. The predicted molar refractivity (Wildman–Crippen MR) is 150 cm³/mol. The molecule has 6 rings (SSSR count). The van der Waals surface area contributed by atoms with Crippen molar-refractivity contribution in [3.05, 3.63) is 46.6 Å². The number of hydrogen-bond acceptors (Lipinski definition) is 11. The van der Waals surface area contributed by atoms with Crippen molar-refractivity contribution >= 4 is 45.6 Å². The second kappa shape index (κ2) is 11.0. The highest BCUT2D eigenvalue weighted by atomic mass is 32.1. The summed E-state index contributed by atoms with van der Waals surface area (Å²) in [5.74, 6) is -0.142. The average molecular weight is 561 g/mol. The molecule has 0 unspecified atom stereocenters. The zero-order valence-electron chi connectivity index (χ0n) is 22.1. The average Bonchev–Trinajstić information content (AvgIpc) is 3.77. The highest BCUT2D eigenvalue weighted by Gasteiger charge is 2.31. The summed E-state index contributed by atoms with van der Waals surface area (Å²) in [6.07, 6.45) is 11.3. The van der Waals surface area contributed by atoms with Crippen LogP contribution in [0.4, 0.5) is 5.95 Å². The Balaban J connectivity index is 1.21. The third kappa shape index (κ3) is 4.64. The number of tetrazole rings is 1. The topological polar surface area (TPSA) is 147 Å². The largest absolute Gasteiger partial charge is 0.494 e. The standard InChI is InChI=1S/C26H28N10O3S/c1-27-14-20-30-18(15-40-20)22-23-21(19(39-2)13-29-22)17(12-28-23)24(37)25(38)34-8-10-35(11-9-34)26-31-32-33-36(26)16-6-4-3-5-7-16/h4,6-7,12-13,15,27-28H,3,5,8-11,14H2,1-2H3. The minimum Gasteiger partial charge on any atom is -0.494 e. The third-order valence-corrected chi connectivity index (χ3v) is 7.83. The van der Waals surface area contributed by atoms with Gasteiger partial charge in [-0.15, -0.1) is 11.3 Å². The fourth-order valence-electron chi connectivity index (χ4n) is 4.97. The Bertz CT molecular complexity index is 1630. The highest BCUT2D eigenvalue weighted by molar-refractivity contribution is 7.09. The molecule has 4 aromatic heterocycles. The first-order valence-corrected chi connectivity index (χ1v) is 13.8. The molecule has 4 aromatic rings. The number of rotatable bonds is 8. The van der Waals surface area contributed by atoms with E-state index in [-0.39, 0.29) is 5.56 Å². The van der Waals surface area contributed by atoms with Crippen LogP contribution in [0, 0.1) is 0 Å². The van der Waals surface area contributed by atoms with E-state index < -0.39 is 11.7 Å².